The summed E-state index contributed by atoms with van der Waals surface area (Å²) in [6, 6.07) is 3.96. The Morgan fingerprint density at radius 3 is 2.64 bits per heavy atom. The third kappa shape index (κ3) is 4.79. The summed E-state index contributed by atoms with van der Waals surface area (Å²) >= 11 is 0. The Bertz CT molecular complexity index is 696. The van der Waals surface area contributed by atoms with Crippen molar-refractivity contribution in [1.82, 2.24) is 14.8 Å². The van der Waals surface area contributed by atoms with Gasteiger partial charge in [-0.1, -0.05) is 12.2 Å². The molecule has 0 radical (unpaired) electrons. The molecule has 3 heterocycles. The second kappa shape index (κ2) is 9.32. The van der Waals surface area contributed by atoms with E-state index in [1.165, 1.54) is 0 Å². The van der Waals surface area contributed by atoms with Gasteiger partial charge in [-0.25, -0.2) is 0 Å². The van der Waals surface area contributed by atoms with Crippen molar-refractivity contribution in [3.05, 3.63) is 42.2 Å². The molecule has 0 aliphatic carbocycles. The summed E-state index contributed by atoms with van der Waals surface area (Å²) in [6.07, 6.45) is 11.6. The van der Waals surface area contributed by atoms with Crippen LogP contribution in [0.4, 0.5) is 0 Å². The van der Waals surface area contributed by atoms with Crippen molar-refractivity contribution in [1.29, 1.82) is 0 Å². The third-order valence-electron chi connectivity index (χ3n) is 6.28. The molecule has 1 amide bonds. The standard InChI is InChI=1S/C22H31N3O3/c1-2-3-4-5-6-20(26)25-13-9-22(10-14-25)17-24(16-19(22)21(27)28)15-18-7-11-23-12-8-18/h2-3,7-8,11-12,19H,4-6,9-10,13-17H2,1H3,(H,27,28)/b3-2+. The second-order valence-electron chi connectivity index (χ2n) is 8.12. The molecule has 2 aliphatic rings. The van der Waals surface area contributed by atoms with Gasteiger partial charge < -0.3 is 10.0 Å². The van der Waals surface area contributed by atoms with Gasteiger partial charge in [0, 0.05) is 57.0 Å². The fourth-order valence-corrected chi connectivity index (χ4v) is 4.68. The first-order valence-electron chi connectivity index (χ1n) is 10.3. The van der Waals surface area contributed by atoms with Gasteiger partial charge in [0.15, 0.2) is 0 Å². The minimum atomic E-state index is -0.705. The van der Waals surface area contributed by atoms with Gasteiger partial charge in [-0.2, -0.15) is 0 Å². The first kappa shape index (κ1) is 20.5. The summed E-state index contributed by atoms with van der Waals surface area (Å²) in [7, 11) is 0. The molecule has 1 N–H and O–H groups in total. The van der Waals surface area contributed by atoms with Crippen LogP contribution in [0, 0.1) is 11.3 Å². The van der Waals surface area contributed by atoms with Crippen molar-refractivity contribution in [2.75, 3.05) is 26.2 Å². The number of hydrogen-bond acceptors (Lipinski definition) is 4. The topological polar surface area (TPSA) is 73.7 Å². The zero-order valence-corrected chi connectivity index (χ0v) is 16.7. The zero-order valence-electron chi connectivity index (χ0n) is 16.7. The molecular weight excluding hydrogens is 354 g/mol. The van der Waals surface area contributed by atoms with Gasteiger partial charge in [0.1, 0.15) is 0 Å². The van der Waals surface area contributed by atoms with Crippen LogP contribution in [0.3, 0.4) is 0 Å². The molecule has 1 atom stereocenters. The molecule has 2 fully saturated rings. The highest BCUT2D eigenvalue weighted by molar-refractivity contribution is 5.76. The Balaban J connectivity index is 1.58. The third-order valence-corrected chi connectivity index (χ3v) is 6.28. The highest BCUT2D eigenvalue weighted by Gasteiger charge is 2.51. The van der Waals surface area contributed by atoms with Gasteiger partial charge in [0.2, 0.25) is 5.91 Å². The van der Waals surface area contributed by atoms with Crippen LogP contribution in [0.15, 0.2) is 36.7 Å². The van der Waals surface area contributed by atoms with Gasteiger partial charge in [-0.3, -0.25) is 19.5 Å². The van der Waals surface area contributed by atoms with Crippen LogP contribution in [0.1, 0.15) is 44.6 Å². The maximum Gasteiger partial charge on any atom is 0.308 e. The number of amides is 1. The van der Waals surface area contributed by atoms with Crippen molar-refractivity contribution >= 4 is 11.9 Å². The van der Waals surface area contributed by atoms with E-state index in [9.17, 15) is 14.7 Å². The van der Waals surface area contributed by atoms with Crippen molar-refractivity contribution in [2.45, 2.75) is 45.6 Å². The summed E-state index contributed by atoms with van der Waals surface area (Å²) in [4.78, 5) is 32.7. The second-order valence-corrected chi connectivity index (χ2v) is 8.12. The lowest BCUT2D eigenvalue weighted by molar-refractivity contribution is -0.146. The number of carboxylic acid groups (broad SMARTS) is 1. The number of carboxylic acids is 1. The molecule has 0 saturated carbocycles. The number of allylic oxidation sites excluding steroid dienone is 2. The molecule has 2 aliphatic heterocycles. The van der Waals surface area contributed by atoms with Gasteiger partial charge in [-0.15, -0.1) is 0 Å². The molecule has 28 heavy (non-hydrogen) atoms. The summed E-state index contributed by atoms with van der Waals surface area (Å²) < 4.78 is 0. The van der Waals surface area contributed by atoms with Crippen LogP contribution >= 0.6 is 0 Å². The predicted molar refractivity (Wildman–Crippen MR) is 108 cm³/mol. The first-order chi connectivity index (χ1) is 13.5. The fraction of sp³-hybridized carbons (Fsp3) is 0.591. The van der Waals surface area contributed by atoms with Crippen LogP contribution < -0.4 is 0 Å². The predicted octanol–water partition coefficient (Wildman–Crippen LogP) is 2.95. The molecule has 3 rings (SSSR count). The number of aliphatic carboxylic acids is 1. The SMILES string of the molecule is C/C=C/CCCC(=O)N1CCC2(CC1)CN(Cc1ccncc1)CC2C(=O)O. The highest BCUT2D eigenvalue weighted by atomic mass is 16.4. The van der Waals surface area contributed by atoms with Crippen molar-refractivity contribution in [3.63, 3.8) is 0 Å². The van der Waals surface area contributed by atoms with Crippen LogP contribution in [0.2, 0.25) is 0 Å². The number of carbonyl (C=O) groups excluding carboxylic acids is 1. The monoisotopic (exact) mass is 385 g/mol. The van der Waals surface area contributed by atoms with E-state index in [0.717, 1.165) is 44.3 Å². The normalized spacial score (nSPS) is 22.2. The molecule has 2 saturated heterocycles. The van der Waals surface area contributed by atoms with Gasteiger partial charge in [-0.05, 0) is 50.3 Å². The summed E-state index contributed by atoms with van der Waals surface area (Å²) in [6.45, 7) is 5.46. The number of pyridine rings is 1. The number of nitrogens with zero attached hydrogens (tertiary/aromatic N) is 3. The number of carbonyl (C=O) groups is 2. The Hall–Kier alpha value is -2.21. The minimum absolute atomic E-state index is 0.206. The number of rotatable bonds is 7. The molecule has 152 valence electrons. The number of unbranched alkanes of at least 4 members (excludes halogenated alkanes) is 1. The van der Waals surface area contributed by atoms with E-state index < -0.39 is 5.97 Å². The van der Waals surface area contributed by atoms with Crippen molar-refractivity contribution in [3.8, 4) is 0 Å². The summed E-state index contributed by atoms with van der Waals surface area (Å²) in [5, 5.41) is 9.83. The molecule has 0 aromatic carbocycles. The average molecular weight is 386 g/mol. The lowest BCUT2D eigenvalue weighted by Crippen LogP contribution is -2.47. The van der Waals surface area contributed by atoms with E-state index in [1.807, 2.05) is 30.0 Å². The van der Waals surface area contributed by atoms with Gasteiger partial charge in [0.25, 0.3) is 0 Å². The van der Waals surface area contributed by atoms with Crippen LogP contribution in [0.25, 0.3) is 0 Å². The molecule has 1 aromatic heterocycles. The first-order valence-corrected chi connectivity index (χ1v) is 10.3. The summed E-state index contributed by atoms with van der Waals surface area (Å²) in [5.41, 5.74) is 0.936. The largest absolute Gasteiger partial charge is 0.481 e. The number of aromatic nitrogens is 1. The highest BCUT2D eigenvalue weighted by Crippen LogP contribution is 2.45. The van der Waals surface area contributed by atoms with Crippen molar-refractivity contribution in [2.24, 2.45) is 11.3 Å². The molecule has 6 heteroatoms. The van der Waals surface area contributed by atoms with Gasteiger partial charge in [0.05, 0.1) is 5.92 Å². The van der Waals surface area contributed by atoms with E-state index in [0.29, 0.717) is 26.1 Å². The Kier molecular flexibility index (Phi) is 6.83. The molecule has 1 unspecified atom stereocenters. The van der Waals surface area contributed by atoms with E-state index >= 15 is 0 Å². The molecular formula is C22H31N3O3. The summed E-state index contributed by atoms with van der Waals surface area (Å²) in [5.74, 6) is -0.859. The zero-order chi connectivity index (χ0) is 20.0. The minimum Gasteiger partial charge on any atom is -0.481 e. The Labute approximate surface area is 167 Å². The number of likely N-dealkylation sites (tertiary alicyclic amines) is 2. The quantitative estimate of drug-likeness (QED) is 0.577. The fourth-order valence-electron chi connectivity index (χ4n) is 4.68. The molecule has 1 spiro atoms. The van der Waals surface area contributed by atoms with Crippen LogP contribution in [0.5, 0.6) is 0 Å². The van der Waals surface area contributed by atoms with E-state index in [4.69, 9.17) is 0 Å². The average Bonchev–Trinajstić information content (AvgIpc) is 3.04. The lowest BCUT2D eigenvalue weighted by atomic mass is 9.71. The van der Waals surface area contributed by atoms with E-state index in [1.54, 1.807) is 12.4 Å². The number of hydrogen-bond donors (Lipinski definition) is 1. The van der Waals surface area contributed by atoms with Crippen LogP contribution in [-0.2, 0) is 16.1 Å². The number of piperidine rings is 1. The maximum absolute atomic E-state index is 12.5. The lowest BCUT2D eigenvalue weighted by Gasteiger charge is -2.41. The van der Waals surface area contributed by atoms with Crippen LogP contribution in [-0.4, -0.2) is 57.9 Å². The molecule has 0 bridgehead atoms. The molecule has 6 nitrogen and oxygen atoms in total. The smallest absolute Gasteiger partial charge is 0.308 e. The molecule has 1 aromatic rings. The van der Waals surface area contributed by atoms with Gasteiger partial charge >= 0.3 is 5.97 Å². The van der Waals surface area contributed by atoms with E-state index in [-0.39, 0.29) is 17.2 Å². The maximum atomic E-state index is 12.5. The Morgan fingerprint density at radius 1 is 1.29 bits per heavy atom. The van der Waals surface area contributed by atoms with E-state index in [2.05, 4.69) is 16.0 Å². The van der Waals surface area contributed by atoms with Crippen molar-refractivity contribution < 1.29 is 14.7 Å². The Morgan fingerprint density at radius 2 is 2.00 bits per heavy atom.